The van der Waals surface area contributed by atoms with Gasteiger partial charge in [-0.25, -0.2) is 0 Å². The highest BCUT2D eigenvalue weighted by Crippen LogP contribution is 2.39. The molecule has 22 heavy (non-hydrogen) atoms. The quantitative estimate of drug-likeness (QED) is 0.781. The Morgan fingerprint density at radius 3 is 2.59 bits per heavy atom. The number of nitrogens with one attached hydrogen (secondary N) is 1. The minimum Gasteiger partial charge on any atom is -0.349 e. The van der Waals surface area contributed by atoms with E-state index >= 15 is 0 Å². The number of rotatable bonds is 6. The van der Waals surface area contributed by atoms with Crippen molar-refractivity contribution in [1.82, 2.24) is 10.2 Å². The third-order valence-electron chi connectivity index (χ3n) is 5.45. The van der Waals surface area contributed by atoms with E-state index in [-0.39, 0.29) is 29.2 Å². The minimum absolute atomic E-state index is 0.0441. The normalized spacial score (nSPS) is 26.2. The van der Waals surface area contributed by atoms with Crippen molar-refractivity contribution in [3.63, 3.8) is 0 Å². The Labute approximate surface area is 134 Å². The molecule has 1 saturated carbocycles. The van der Waals surface area contributed by atoms with Crippen molar-refractivity contribution in [3.8, 4) is 0 Å². The van der Waals surface area contributed by atoms with E-state index in [1.54, 1.807) is 0 Å². The van der Waals surface area contributed by atoms with Crippen LogP contribution in [0.15, 0.2) is 0 Å². The van der Waals surface area contributed by atoms with Gasteiger partial charge in [0.1, 0.15) is 0 Å². The van der Waals surface area contributed by atoms with Crippen LogP contribution in [0.3, 0.4) is 0 Å². The van der Waals surface area contributed by atoms with Crippen LogP contribution < -0.4 is 11.1 Å². The van der Waals surface area contributed by atoms with Crippen LogP contribution in [0.2, 0.25) is 0 Å². The number of likely N-dealkylation sites (tertiary alicyclic amines) is 1. The summed E-state index contributed by atoms with van der Waals surface area (Å²) in [5.41, 5.74) is 5.60. The first kappa shape index (κ1) is 17.3. The summed E-state index contributed by atoms with van der Waals surface area (Å²) in [6.45, 7) is 7.85. The Morgan fingerprint density at radius 1 is 1.36 bits per heavy atom. The maximum absolute atomic E-state index is 12.6. The van der Waals surface area contributed by atoms with Gasteiger partial charge in [-0.05, 0) is 44.9 Å². The summed E-state index contributed by atoms with van der Waals surface area (Å²) in [5, 5.41) is 3.18. The van der Waals surface area contributed by atoms with Gasteiger partial charge in [-0.1, -0.05) is 13.8 Å². The lowest BCUT2D eigenvalue weighted by atomic mass is 9.91. The Bertz CT molecular complexity index is 422. The van der Waals surface area contributed by atoms with Gasteiger partial charge in [0.05, 0.1) is 11.5 Å². The van der Waals surface area contributed by atoms with E-state index in [4.69, 9.17) is 5.73 Å². The molecule has 1 aliphatic carbocycles. The fourth-order valence-corrected chi connectivity index (χ4v) is 3.30. The molecule has 5 heteroatoms. The second-order valence-corrected chi connectivity index (χ2v) is 7.32. The Balaban J connectivity index is 1.94. The zero-order valence-electron chi connectivity index (χ0n) is 14.2. The molecular weight excluding hydrogens is 278 g/mol. The highest BCUT2D eigenvalue weighted by atomic mass is 16.2. The number of hydrogen-bond acceptors (Lipinski definition) is 3. The van der Waals surface area contributed by atoms with Crippen molar-refractivity contribution in [2.24, 2.45) is 23.5 Å². The highest BCUT2D eigenvalue weighted by Gasteiger charge is 2.43. The number of nitrogens with zero attached hydrogens (tertiary/aromatic N) is 1. The average molecular weight is 309 g/mol. The molecule has 2 fully saturated rings. The van der Waals surface area contributed by atoms with E-state index in [9.17, 15) is 9.59 Å². The Hall–Kier alpha value is -1.10. The maximum atomic E-state index is 12.6. The molecule has 126 valence electrons. The molecule has 0 bridgehead atoms. The fourth-order valence-electron chi connectivity index (χ4n) is 3.30. The van der Waals surface area contributed by atoms with Crippen molar-refractivity contribution in [2.75, 3.05) is 19.6 Å². The number of hydrogen-bond donors (Lipinski definition) is 2. The van der Waals surface area contributed by atoms with Crippen molar-refractivity contribution in [1.29, 1.82) is 0 Å². The predicted molar refractivity (Wildman–Crippen MR) is 87.1 cm³/mol. The number of carbonyl (C=O) groups is 2. The Kier molecular flexibility index (Phi) is 5.48. The van der Waals surface area contributed by atoms with Crippen LogP contribution in [0.5, 0.6) is 0 Å². The third-order valence-corrected chi connectivity index (χ3v) is 5.45. The van der Waals surface area contributed by atoms with Crippen LogP contribution >= 0.6 is 0 Å². The summed E-state index contributed by atoms with van der Waals surface area (Å²) in [5.74, 6) is 0.724. The summed E-state index contributed by atoms with van der Waals surface area (Å²) in [6.07, 6.45) is 4.91. The molecule has 3 N–H and O–H groups in total. The van der Waals surface area contributed by atoms with E-state index in [0.29, 0.717) is 19.0 Å². The topological polar surface area (TPSA) is 75.4 Å². The lowest BCUT2D eigenvalue weighted by molar-refractivity contribution is -0.139. The van der Waals surface area contributed by atoms with Crippen LogP contribution in [-0.4, -0.2) is 41.9 Å². The van der Waals surface area contributed by atoms with E-state index in [1.165, 1.54) is 0 Å². The lowest BCUT2D eigenvalue weighted by Crippen LogP contribution is -2.56. The fraction of sp³-hybridized carbons (Fsp3) is 0.882. The second-order valence-electron chi connectivity index (χ2n) is 7.32. The highest BCUT2D eigenvalue weighted by molar-refractivity contribution is 5.82. The second kappa shape index (κ2) is 6.99. The molecular formula is C17H31N3O2. The molecule has 3 unspecified atom stereocenters. The molecule has 0 spiro atoms. The van der Waals surface area contributed by atoms with E-state index in [2.05, 4.69) is 5.32 Å². The first-order valence-corrected chi connectivity index (χ1v) is 8.72. The van der Waals surface area contributed by atoms with Gasteiger partial charge in [-0.15, -0.1) is 0 Å². The predicted octanol–water partition coefficient (Wildman–Crippen LogP) is 1.51. The molecule has 1 aliphatic heterocycles. The van der Waals surface area contributed by atoms with Crippen LogP contribution in [0.1, 0.15) is 52.9 Å². The van der Waals surface area contributed by atoms with Crippen molar-refractivity contribution >= 4 is 11.8 Å². The first-order chi connectivity index (χ1) is 10.4. The minimum atomic E-state index is -0.278. The zero-order chi connectivity index (χ0) is 16.3. The molecule has 1 saturated heterocycles. The van der Waals surface area contributed by atoms with Gasteiger partial charge >= 0.3 is 0 Å². The smallest absolute Gasteiger partial charge is 0.225 e. The maximum Gasteiger partial charge on any atom is 0.225 e. The van der Waals surface area contributed by atoms with Crippen LogP contribution in [0, 0.1) is 17.8 Å². The van der Waals surface area contributed by atoms with Gasteiger partial charge in [0.25, 0.3) is 0 Å². The molecule has 5 nitrogen and oxygen atoms in total. The molecule has 0 aromatic carbocycles. The van der Waals surface area contributed by atoms with E-state index < -0.39 is 0 Å². The van der Waals surface area contributed by atoms with Gasteiger partial charge in [-0.3, -0.25) is 9.59 Å². The van der Waals surface area contributed by atoms with Gasteiger partial charge in [0, 0.05) is 25.6 Å². The van der Waals surface area contributed by atoms with Crippen LogP contribution in [0.4, 0.5) is 0 Å². The lowest BCUT2D eigenvalue weighted by Gasteiger charge is -2.36. The summed E-state index contributed by atoms with van der Waals surface area (Å²) in [6, 6.07) is 0. The van der Waals surface area contributed by atoms with Gasteiger partial charge < -0.3 is 16.0 Å². The number of piperidine rings is 1. The van der Waals surface area contributed by atoms with Crippen molar-refractivity contribution < 1.29 is 9.59 Å². The molecule has 2 rings (SSSR count). The molecule has 2 aliphatic rings. The SMILES string of the molecule is CCC(C)C(=O)N1CCCC(C(=O)NC(C)(CN)C2CC2)C1. The molecule has 1 heterocycles. The standard InChI is InChI=1S/C17H31N3O2/c1-4-12(2)16(22)20-9-5-6-13(10-20)15(21)19-17(3,11-18)14-7-8-14/h12-14H,4-11,18H2,1-3H3,(H,19,21). The summed E-state index contributed by atoms with van der Waals surface area (Å²) >= 11 is 0. The summed E-state index contributed by atoms with van der Waals surface area (Å²) in [4.78, 5) is 26.8. The molecule has 2 amide bonds. The van der Waals surface area contributed by atoms with E-state index in [0.717, 1.165) is 38.6 Å². The van der Waals surface area contributed by atoms with Gasteiger partial charge in [0.15, 0.2) is 0 Å². The summed E-state index contributed by atoms with van der Waals surface area (Å²) < 4.78 is 0. The average Bonchev–Trinajstić information content (AvgIpc) is 3.38. The van der Waals surface area contributed by atoms with Gasteiger partial charge in [0.2, 0.25) is 11.8 Å². The first-order valence-electron chi connectivity index (χ1n) is 8.72. The number of carbonyl (C=O) groups excluding carboxylic acids is 2. The number of amides is 2. The number of nitrogens with two attached hydrogens (primary N) is 1. The monoisotopic (exact) mass is 309 g/mol. The van der Waals surface area contributed by atoms with E-state index in [1.807, 2.05) is 25.7 Å². The summed E-state index contributed by atoms with van der Waals surface area (Å²) in [7, 11) is 0. The molecule has 0 radical (unpaired) electrons. The third kappa shape index (κ3) is 3.80. The van der Waals surface area contributed by atoms with Crippen molar-refractivity contribution in [3.05, 3.63) is 0 Å². The van der Waals surface area contributed by atoms with Gasteiger partial charge in [-0.2, -0.15) is 0 Å². The molecule has 0 aromatic rings. The van der Waals surface area contributed by atoms with Crippen LogP contribution in [-0.2, 0) is 9.59 Å². The molecule has 3 atom stereocenters. The Morgan fingerprint density at radius 2 is 2.05 bits per heavy atom. The van der Waals surface area contributed by atoms with Crippen LogP contribution in [0.25, 0.3) is 0 Å². The largest absolute Gasteiger partial charge is 0.349 e. The van der Waals surface area contributed by atoms with Crippen molar-refractivity contribution in [2.45, 2.75) is 58.4 Å². The molecule has 0 aromatic heterocycles. The zero-order valence-corrected chi connectivity index (χ0v) is 14.2.